The van der Waals surface area contributed by atoms with Crippen molar-refractivity contribution in [2.24, 2.45) is 0 Å². The molecule has 12 heteroatoms. The van der Waals surface area contributed by atoms with E-state index in [-0.39, 0.29) is 23.1 Å². The van der Waals surface area contributed by atoms with Gasteiger partial charge in [0.15, 0.2) is 5.54 Å². The highest BCUT2D eigenvalue weighted by Gasteiger charge is 2.60. The first-order chi connectivity index (χ1) is 15.5. The smallest absolute Gasteiger partial charge is 0.413 e. The lowest BCUT2D eigenvalue weighted by Gasteiger charge is -2.38. The van der Waals surface area contributed by atoms with Crippen LogP contribution in [-0.4, -0.2) is 66.3 Å². The monoisotopic (exact) mass is 488 g/mol. The van der Waals surface area contributed by atoms with E-state index in [4.69, 9.17) is 21.1 Å². The van der Waals surface area contributed by atoms with Crippen molar-refractivity contribution >= 4 is 23.4 Å². The molecule has 0 bridgehead atoms. The first-order valence-electron chi connectivity index (χ1n) is 10.4. The van der Waals surface area contributed by atoms with E-state index >= 15 is 0 Å². The van der Waals surface area contributed by atoms with Crippen LogP contribution in [0.15, 0.2) is 29.1 Å². The molecular formula is C21H24ClF3N4O4. The lowest BCUT2D eigenvalue weighted by atomic mass is 9.99. The van der Waals surface area contributed by atoms with Gasteiger partial charge in [0.05, 0.1) is 33.4 Å². The van der Waals surface area contributed by atoms with E-state index in [1.807, 2.05) is 0 Å². The van der Waals surface area contributed by atoms with Gasteiger partial charge in [0.25, 0.3) is 5.56 Å². The number of aromatic nitrogens is 2. The highest BCUT2D eigenvalue weighted by molar-refractivity contribution is 6.30. The largest absolute Gasteiger partial charge is 0.496 e. The number of alkyl halides is 3. The molecule has 0 radical (unpaired) electrons. The molecule has 3 heterocycles. The van der Waals surface area contributed by atoms with Gasteiger partial charge in [0, 0.05) is 29.7 Å². The highest BCUT2D eigenvalue weighted by Crippen LogP contribution is 2.44. The third-order valence-electron chi connectivity index (χ3n) is 6.13. The van der Waals surface area contributed by atoms with Crippen molar-refractivity contribution in [3.05, 3.63) is 45.2 Å². The van der Waals surface area contributed by atoms with Crippen LogP contribution in [0.5, 0.6) is 5.75 Å². The van der Waals surface area contributed by atoms with E-state index in [1.54, 1.807) is 4.90 Å². The molecule has 1 fully saturated rings. The molecule has 0 amide bonds. The van der Waals surface area contributed by atoms with Gasteiger partial charge in [-0.05, 0) is 19.1 Å². The standard InChI is InChI=1S/C21H24ClF3N4O4/c1-20(21(23,24)25)12-28-18(31)10-17(27-5-7-33-8-6-27)26-19(28)29(20)11-15(30)14-4-3-13(22)9-16(14)32-2/h3-4,9-10,15,30H,5-8,11-12H2,1-2H3/t15-,20?/m0/s1. The summed E-state index contributed by atoms with van der Waals surface area (Å²) in [6.07, 6.45) is -6.06. The van der Waals surface area contributed by atoms with E-state index in [0.29, 0.717) is 31.3 Å². The van der Waals surface area contributed by atoms with Gasteiger partial charge < -0.3 is 24.4 Å². The van der Waals surface area contributed by atoms with Crippen LogP contribution in [0.3, 0.4) is 0 Å². The minimum absolute atomic E-state index is 0.143. The van der Waals surface area contributed by atoms with Crippen LogP contribution >= 0.6 is 11.6 Å². The van der Waals surface area contributed by atoms with Crippen LogP contribution in [0.1, 0.15) is 18.6 Å². The average molecular weight is 489 g/mol. The number of benzene rings is 1. The number of nitrogens with zero attached hydrogens (tertiary/aromatic N) is 4. The van der Waals surface area contributed by atoms with Crippen molar-refractivity contribution in [2.75, 3.05) is 49.8 Å². The molecule has 4 rings (SSSR count). The van der Waals surface area contributed by atoms with Gasteiger partial charge in [-0.15, -0.1) is 0 Å². The Morgan fingerprint density at radius 3 is 2.64 bits per heavy atom. The molecule has 1 aromatic carbocycles. The lowest BCUT2D eigenvalue weighted by molar-refractivity contribution is -0.183. The Bertz CT molecular complexity index is 1090. The summed E-state index contributed by atoms with van der Waals surface area (Å²) in [5, 5.41) is 11.3. The van der Waals surface area contributed by atoms with Crippen molar-refractivity contribution in [3.8, 4) is 5.75 Å². The summed E-state index contributed by atoms with van der Waals surface area (Å²) in [7, 11) is 1.38. The van der Waals surface area contributed by atoms with Crippen molar-refractivity contribution in [1.29, 1.82) is 0 Å². The summed E-state index contributed by atoms with van der Waals surface area (Å²) in [5.74, 6) is 0.385. The molecule has 1 aromatic heterocycles. The topological polar surface area (TPSA) is 80.1 Å². The predicted molar refractivity (Wildman–Crippen MR) is 116 cm³/mol. The zero-order chi connectivity index (χ0) is 24.0. The maximum absolute atomic E-state index is 14.3. The second-order valence-corrected chi connectivity index (χ2v) is 8.66. The number of aliphatic hydroxyl groups is 1. The van der Waals surface area contributed by atoms with Gasteiger partial charge in [-0.3, -0.25) is 9.36 Å². The van der Waals surface area contributed by atoms with E-state index in [2.05, 4.69) is 4.98 Å². The number of methoxy groups -OCH3 is 1. The van der Waals surface area contributed by atoms with E-state index < -0.39 is 36.5 Å². The molecule has 2 aliphatic rings. The maximum atomic E-state index is 14.3. The second-order valence-electron chi connectivity index (χ2n) is 8.22. The fourth-order valence-electron chi connectivity index (χ4n) is 4.16. The molecule has 2 atom stereocenters. The molecule has 0 saturated carbocycles. The summed E-state index contributed by atoms with van der Waals surface area (Å²) in [5.41, 5.74) is -2.76. The molecule has 8 nitrogen and oxygen atoms in total. The van der Waals surface area contributed by atoms with Crippen LogP contribution in [0.4, 0.5) is 24.9 Å². The zero-order valence-corrected chi connectivity index (χ0v) is 18.9. The number of rotatable bonds is 5. The third-order valence-corrected chi connectivity index (χ3v) is 6.37. The first-order valence-corrected chi connectivity index (χ1v) is 10.7. The predicted octanol–water partition coefficient (Wildman–Crippen LogP) is 2.62. The van der Waals surface area contributed by atoms with E-state index in [0.717, 1.165) is 16.4 Å². The molecule has 33 heavy (non-hydrogen) atoms. The number of ether oxygens (including phenoxy) is 2. The SMILES string of the molecule is COc1cc(Cl)ccc1[C@@H](O)CN1c2nc(N3CCOCC3)cc(=O)n2CC1(C)C(F)(F)F. The van der Waals surface area contributed by atoms with E-state index in [9.17, 15) is 23.1 Å². The Kier molecular flexibility index (Phi) is 6.23. The van der Waals surface area contributed by atoms with Crippen molar-refractivity contribution in [3.63, 3.8) is 0 Å². The summed E-state index contributed by atoms with van der Waals surface area (Å²) < 4.78 is 54.3. The molecule has 180 valence electrons. The van der Waals surface area contributed by atoms with Gasteiger partial charge in [-0.2, -0.15) is 18.2 Å². The number of halogens is 4. The molecule has 0 aliphatic carbocycles. The minimum atomic E-state index is -4.70. The summed E-state index contributed by atoms with van der Waals surface area (Å²) in [6, 6.07) is 5.73. The highest BCUT2D eigenvalue weighted by atomic mass is 35.5. The number of aliphatic hydroxyl groups excluding tert-OH is 1. The first kappa shape index (κ1) is 23.7. The number of hydrogen-bond donors (Lipinski definition) is 1. The van der Waals surface area contributed by atoms with Crippen molar-refractivity contribution in [1.82, 2.24) is 9.55 Å². The normalized spacial score (nSPS) is 21.8. The Hall–Kier alpha value is -2.50. The minimum Gasteiger partial charge on any atom is -0.496 e. The van der Waals surface area contributed by atoms with Crippen LogP contribution in [0, 0.1) is 0 Å². The average Bonchev–Trinajstić information content (AvgIpc) is 3.07. The molecule has 2 aromatic rings. The molecule has 1 unspecified atom stereocenters. The van der Waals surface area contributed by atoms with Gasteiger partial charge in [0.1, 0.15) is 17.7 Å². The van der Waals surface area contributed by atoms with Gasteiger partial charge in [0.2, 0.25) is 5.95 Å². The summed E-state index contributed by atoms with van der Waals surface area (Å²) in [4.78, 5) is 20.0. The molecule has 1 N–H and O–H groups in total. The second kappa shape index (κ2) is 8.69. The van der Waals surface area contributed by atoms with Crippen LogP contribution < -0.4 is 20.1 Å². The van der Waals surface area contributed by atoms with Crippen LogP contribution in [0.25, 0.3) is 0 Å². The Morgan fingerprint density at radius 1 is 1.30 bits per heavy atom. The van der Waals surface area contributed by atoms with Crippen LogP contribution in [-0.2, 0) is 11.3 Å². The number of anilines is 2. The molecule has 1 saturated heterocycles. The van der Waals surface area contributed by atoms with Gasteiger partial charge in [-0.25, -0.2) is 0 Å². The zero-order valence-electron chi connectivity index (χ0n) is 18.1. The number of fused-ring (bicyclic) bond motifs is 1. The van der Waals surface area contributed by atoms with Gasteiger partial charge in [-0.1, -0.05) is 17.7 Å². The van der Waals surface area contributed by atoms with Gasteiger partial charge >= 0.3 is 6.18 Å². The summed E-state index contributed by atoms with van der Waals surface area (Å²) in [6.45, 7) is 1.70. The van der Waals surface area contributed by atoms with Crippen molar-refractivity contribution in [2.45, 2.75) is 31.3 Å². The van der Waals surface area contributed by atoms with Crippen LogP contribution in [0.2, 0.25) is 5.02 Å². The maximum Gasteiger partial charge on any atom is 0.413 e. The fraction of sp³-hybridized carbons (Fsp3) is 0.524. The molecule has 0 spiro atoms. The quantitative estimate of drug-likeness (QED) is 0.693. The molecule has 2 aliphatic heterocycles. The number of β-amino-alcohol motifs (C(OH)–C–C–N with tert-alkyl or cyclic N) is 1. The lowest BCUT2D eigenvalue weighted by Crippen LogP contribution is -2.57. The Labute approximate surface area is 193 Å². The molecular weight excluding hydrogens is 465 g/mol. The van der Waals surface area contributed by atoms with Crippen molar-refractivity contribution < 1.29 is 27.8 Å². The number of hydrogen-bond acceptors (Lipinski definition) is 7. The van der Waals surface area contributed by atoms with E-state index in [1.165, 1.54) is 31.4 Å². The number of morpholine rings is 1. The third kappa shape index (κ3) is 4.24. The fourth-order valence-corrected chi connectivity index (χ4v) is 4.32. The Morgan fingerprint density at radius 2 is 2.00 bits per heavy atom. The summed E-state index contributed by atoms with van der Waals surface area (Å²) >= 11 is 5.97. The Balaban J connectivity index is 1.76.